The molecule has 1 amide bonds. The molecule has 0 unspecified atom stereocenters. The van der Waals surface area contributed by atoms with Crippen molar-refractivity contribution in [1.29, 1.82) is 0 Å². The van der Waals surface area contributed by atoms with Gasteiger partial charge in [-0.3, -0.25) is 4.79 Å². The maximum atomic E-state index is 12.0. The van der Waals surface area contributed by atoms with E-state index in [1.807, 2.05) is 6.92 Å². The van der Waals surface area contributed by atoms with Crippen molar-refractivity contribution in [2.45, 2.75) is 31.9 Å². The Morgan fingerprint density at radius 2 is 2.38 bits per heavy atom. The van der Waals surface area contributed by atoms with E-state index < -0.39 is 0 Å². The Balaban J connectivity index is 1.84. The Hall–Kier alpha value is -1.46. The van der Waals surface area contributed by atoms with Gasteiger partial charge in [0.2, 0.25) is 5.91 Å². The monoisotopic (exact) mass is 312 g/mol. The van der Waals surface area contributed by atoms with E-state index in [4.69, 9.17) is 21.1 Å². The number of carbonyl (C=O) groups is 1. The van der Waals surface area contributed by atoms with Crippen LogP contribution in [0.15, 0.2) is 18.2 Å². The summed E-state index contributed by atoms with van der Waals surface area (Å²) < 4.78 is 10.8. The molecular weight excluding hydrogens is 292 g/mol. The van der Waals surface area contributed by atoms with Crippen LogP contribution in [0.25, 0.3) is 0 Å². The maximum absolute atomic E-state index is 12.0. The van der Waals surface area contributed by atoms with Gasteiger partial charge in [0.25, 0.3) is 0 Å². The number of hydrogen-bond donors (Lipinski definition) is 2. The van der Waals surface area contributed by atoms with E-state index in [0.717, 1.165) is 19.4 Å². The van der Waals surface area contributed by atoms with Gasteiger partial charge in [0.1, 0.15) is 5.75 Å². The molecular formula is C15H21ClN2O3. The summed E-state index contributed by atoms with van der Waals surface area (Å²) in [6, 6.07) is 5.25. The summed E-state index contributed by atoms with van der Waals surface area (Å²) in [5.41, 5.74) is 0.699. The summed E-state index contributed by atoms with van der Waals surface area (Å²) in [5, 5.41) is 6.57. The first-order valence-corrected chi connectivity index (χ1v) is 7.46. The molecule has 2 atom stereocenters. The quantitative estimate of drug-likeness (QED) is 0.847. The molecule has 0 saturated carbocycles. The average Bonchev–Trinajstić information content (AvgIpc) is 2.99. The summed E-state index contributed by atoms with van der Waals surface area (Å²) in [7, 11) is 1.58. The molecule has 2 N–H and O–H groups in total. The van der Waals surface area contributed by atoms with Gasteiger partial charge in [0.05, 0.1) is 31.5 Å². The summed E-state index contributed by atoms with van der Waals surface area (Å²) in [6.07, 6.45) is 2.18. The Kier molecular flexibility index (Phi) is 5.70. The summed E-state index contributed by atoms with van der Waals surface area (Å²) >= 11 is 5.95. The van der Waals surface area contributed by atoms with Gasteiger partial charge in [-0.1, -0.05) is 11.6 Å². The first-order valence-electron chi connectivity index (χ1n) is 7.08. The number of rotatable bonds is 6. The maximum Gasteiger partial charge on any atom is 0.239 e. The minimum absolute atomic E-state index is 0.0167. The van der Waals surface area contributed by atoms with Gasteiger partial charge >= 0.3 is 0 Å². The normalized spacial score (nSPS) is 19.1. The fourth-order valence-electron chi connectivity index (χ4n) is 2.39. The molecule has 0 radical (unpaired) electrons. The van der Waals surface area contributed by atoms with Crippen LogP contribution in [0.3, 0.4) is 0 Å². The lowest BCUT2D eigenvalue weighted by Gasteiger charge is -2.20. The molecule has 2 rings (SSSR count). The van der Waals surface area contributed by atoms with Crippen molar-refractivity contribution in [2.75, 3.05) is 25.6 Å². The molecule has 116 valence electrons. The van der Waals surface area contributed by atoms with Crippen molar-refractivity contribution < 1.29 is 14.3 Å². The second-order valence-electron chi connectivity index (χ2n) is 5.11. The van der Waals surface area contributed by atoms with Crippen LogP contribution in [0.1, 0.15) is 19.8 Å². The molecule has 1 heterocycles. The number of benzene rings is 1. The number of methoxy groups -OCH3 is 1. The Morgan fingerprint density at radius 1 is 1.57 bits per heavy atom. The molecule has 0 aromatic heterocycles. The number of halogens is 1. The fourth-order valence-corrected chi connectivity index (χ4v) is 2.56. The second kappa shape index (κ2) is 7.52. The van der Waals surface area contributed by atoms with E-state index in [-0.39, 0.29) is 24.6 Å². The molecule has 1 saturated heterocycles. The Labute approximate surface area is 130 Å². The smallest absolute Gasteiger partial charge is 0.239 e. The first-order chi connectivity index (χ1) is 10.1. The SMILES string of the molecule is COc1ccc(Cl)cc1NCC(=O)N[C@H](C)[C@@H]1CCCO1. The van der Waals surface area contributed by atoms with E-state index >= 15 is 0 Å². The molecule has 0 aliphatic carbocycles. The van der Waals surface area contributed by atoms with Gasteiger partial charge in [-0.2, -0.15) is 0 Å². The van der Waals surface area contributed by atoms with Gasteiger partial charge in [0, 0.05) is 11.6 Å². The van der Waals surface area contributed by atoms with Gasteiger partial charge in [-0.05, 0) is 38.0 Å². The van der Waals surface area contributed by atoms with E-state index in [2.05, 4.69) is 10.6 Å². The standard InChI is InChI=1S/C15H21ClN2O3/c1-10(13-4-3-7-21-13)18-15(19)9-17-12-8-11(16)5-6-14(12)20-2/h5-6,8,10,13,17H,3-4,7,9H2,1-2H3,(H,18,19)/t10-,13+/m1/s1. The van der Waals surface area contributed by atoms with Crippen LogP contribution in [0, 0.1) is 0 Å². The zero-order chi connectivity index (χ0) is 15.2. The van der Waals surface area contributed by atoms with Crippen LogP contribution < -0.4 is 15.4 Å². The largest absolute Gasteiger partial charge is 0.495 e. The number of amides is 1. The molecule has 6 heteroatoms. The molecule has 1 fully saturated rings. The van der Waals surface area contributed by atoms with Gasteiger partial charge in [-0.25, -0.2) is 0 Å². The minimum Gasteiger partial charge on any atom is -0.495 e. The summed E-state index contributed by atoms with van der Waals surface area (Å²) in [5.74, 6) is 0.569. The predicted octanol–water partition coefficient (Wildman–Crippen LogP) is 2.44. The first kappa shape index (κ1) is 15.9. The highest BCUT2D eigenvalue weighted by atomic mass is 35.5. The molecule has 0 bridgehead atoms. The van der Waals surface area contributed by atoms with Crippen molar-refractivity contribution in [3.63, 3.8) is 0 Å². The third kappa shape index (κ3) is 4.51. The summed E-state index contributed by atoms with van der Waals surface area (Å²) in [6.45, 7) is 2.91. The lowest BCUT2D eigenvalue weighted by Crippen LogP contribution is -2.43. The highest BCUT2D eigenvalue weighted by molar-refractivity contribution is 6.30. The molecule has 5 nitrogen and oxygen atoms in total. The molecule has 1 aliphatic rings. The third-order valence-electron chi connectivity index (χ3n) is 3.51. The third-order valence-corrected chi connectivity index (χ3v) is 3.75. The van der Waals surface area contributed by atoms with Crippen molar-refractivity contribution in [1.82, 2.24) is 5.32 Å². The van der Waals surface area contributed by atoms with Crippen LogP contribution in [0.2, 0.25) is 5.02 Å². The zero-order valence-corrected chi connectivity index (χ0v) is 13.1. The Morgan fingerprint density at radius 3 is 3.05 bits per heavy atom. The van der Waals surface area contributed by atoms with Gasteiger partial charge in [-0.15, -0.1) is 0 Å². The molecule has 1 aromatic rings. The molecule has 1 aliphatic heterocycles. The number of carbonyl (C=O) groups excluding carboxylic acids is 1. The highest BCUT2D eigenvalue weighted by Gasteiger charge is 2.23. The van der Waals surface area contributed by atoms with E-state index in [1.165, 1.54) is 0 Å². The van der Waals surface area contributed by atoms with Crippen LogP contribution in [-0.2, 0) is 9.53 Å². The van der Waals surface area contributed by atoms with Crippen LogP contribution in [-0.4, -0.2) is 38.3 Å². The number of ether oxygens (including phenoxy) is 2. The zero-order valence-electron chi connectivity index (χ0n) is 12.3. The lowest BCUT2D eigenvalue weighted by atomic mass is 10.1. The van der Waals surface area contributed by atoms with Crippen LogP contribution in [0.4, 0.5) is 5.69 Å². The number of anilines is 1. The molecule has 0 spiro atoms. The van der Waals surface area contributed by atoms with Crippen molar-refractivity contribution >= 4 is 23.2 Å². The van der Waals surface area contributed by atoms with E-state index in [9.17, 15) is 4.79 Å². The second-order valence-corrected chi connectivity index (χ2v) is 5.54. The van der Waals surface area contributed by atoms with Crippen molar-refractivity contribution in [3.05, 3.63) is 23.2 Å². The van der Waals surface area contributed by atoms with E-state index in [1.54, 1.807) is 25.3 Å². The van der Waals surface area contributed by atoms with E-state index in [0.29, 0.717) is 16.5 Å². The topological polar surface area (TPSA) is 59.6 Å². The number of hydrogen-bond acceptors (Lipinski definition) is 4. The lowest BCUT2D eigenvalue weighted by molar-refractivity contribution is -0.120. The van der Waals surface area contributed by atoms with Gasteiger partial charge < -0.3 is 20.1 Å². The average molecular weight is 313 g/mol. The number of nitrogens with one attached hydrogen (secondary N) is 2. The predicted molar refractivity (Wildman–Crippen MR) is 83.1 cm³/mol. The highest BCUT2D eigenvalue weighted by Crippen LogP contribution is 2.27. The van der Waals surface area contributed by atoms with Crippen LogP contribution in [0.5, 0.6) is 5.75 Å². The van der Waals surface area contributed by atoms with Gasteiger partial charge in [0.15, 0.2) is 0 Å². The van der Waals surface area contributed by atoms with Crippen LogP contribution >= 0.6 is 11.6 Å². The minimum atomic E-state index is -0.0833. The fraction of sp³-hybridized carbons (Fsp3) is 0.533. The summed E-state index contributed by atoms with van der Waals surface area (Å²) in [4.78, 5) is 12.0. The van der Waals surface area contributed by atoms with Crippen molar-refractivity contribution in [2.24, 2.45) is 0 Å². The Bertz CT molecular complexity index is 490. The molecule has 21 heavy (non-hydrogen) atoms. The molecule has 1 aromatic carbocycles. The van der Waals surface area contributed by atoms with Crippen molar-refractivity contribution in [3.8, 4) is 5.75 Å².